The van der Waals surface area contributed by atoms with Crippen LogP contribution < -0.4 is 4.90 Å². The molecule has 4 aromatic heterocycles. The molecule has 1 atom stereocenters. The molecule has 0 aliphatic carbocycles. The lowest BCUT2D eigenvalue weighted by Crippen LogP contribution is -2.44. The molecule has 8 heteroatoms. The van der Waals surface area contributed by atoms with E-state index in [4.69, 9.17) is 9.72 Å². The molecule has 5 rings (SSSR count). The maximum atomic E-state index is 14.7. The smallest absolute Gasteiger partial charge is 0.149 e. The van der Waals surface area contributed by atoms with Crippen LogP contribution >= 0.6 is 0 Å². The molecule has 1 aliphatic heterocycles. The first-order valence-electron chi connectivity index (χ1n) is 9.46. The minimum Gasteiger partial charge on any atom is -0.377 e. The van der Waals surface area contributed by atoms with Crippen molar-refractivity contribution in [3.8, 4) is 22.5 Å². The highest BCUT2D eigenvalue weighted by molar-refractivity contribution is 6.01. The lowest BCUT2D eigenvalue weighted by Gasteiger charge is -2.34. The van der Waals surface area contributed by atoms with Crippen LogP contribution in [0, 0.1) is 5.82 Å². The molecular formula is C21H19FN6O. The topological polar surface area (TPSA) is 79.8 Å². The Bertz CT molecular complexity index is 1160. The molecule has 0 unspecified atom stereocenters. The second-order valence-electron chi connectivity index (χ2n) is 7.03. The molecule has 0 spiro atoms. The predicted octanol–water partition coefficient (Wildman–Crippen LogP) is 3.45. The van der Waals surface area contributed by atoms with Crippen molar-refractivity contribution in [2.75, 3.05) is 24.7 Å². The van der Waals surface area contributed by atoms with Gasteiger partial charge in [0.25, 0.3) is 0 Å². The summed E-state index contributed by atoms with van der Waals surface area (Å²) in [6, 6.07) is 7.51. The highest BCUT2D eigenvalue weighted by Gasteiger charge is 2.23. The monoisotopic (exact) mass is 390 g/mol. The Morgan fingerprint density at radius 2 is 2.10 bits per heavy atom. The number of aromatic nitrogens is 5. The van der Waals surface area contributed by atoms with E-state index >= 15 is 0 Å². The molecule has 29 heavy (non-hydrogen) atoms. The number of aromatic amines is 1. The van der Waals surface area contributed by atoms with Crippen LogP contribution in [-0.4, -0.2) is 50.9 Å². The number of nitrogens with zero attached hydrogens (tertiary/aromatic N) is 5. The summed E-state index contributed by atoms with van der Waals surface area (Å²) >= 11 is 0. The first-order chi connectivity index (χ1) is 14.2. The quantitative estimate of drug-likeness (QED) is 0.577. The van der Waals surface area contributed by atoms with Gasteiger partial charge in [0.2, 0.25) is 0 Å². The summed E-state index contributed by atoms with van der Waals surface area (Å²) in [6.07, 6.45) is 6.21. The zero-order valence-electron chi connectivity index (χ0n) is 15.8. The SMILES string of the molecule is C[C@@H]1COCCN1c1cc(-c2ccncc2F)c2ccnc(-c3ccn[nH]3)c2n1. The molecule has 1 saturated heterocycles. The van der Waals surface area contributed by atoms with Crippen molar-refractivity contribution in [2.45, 2.75) is 13.0 Å². The Morgan fingerprint density at radius 1 is 1.17 bits per heavy atom. The average Bonchev–Trinajstić information content (AvgIpc) is 3.28. The molecule has 1 N–H and O–H groups in total. The van der Waals surface area contributed by atoms with E-state index in [9.17, 15) is 4.39 Å². The van der Waals surface area contributed by atoms with E-state index in [0.29, 0.717) is 30.0 Å². The van der Waals surface area contributed by atoms with Crippen molar-refractivity contribution < 1.29 is 9.13 Å². The summed E-state index contributed by atoms with van der Waals surface area (Å²) < 4.78 is 20.3. The van der Waals surface area contributed by atoms with Crippen LogP contribution in [0.15, 0.2) is 49.1 Å². The van der Waals surface area contributed by atoms with E-state index in [1.165, 1.54) is 6.20 Å². The molecule has 0 aromatic carbocycles. The minimum atomic E-state index is -0.374. The number of pyridine rings is 3. The Labute approximate surface area is 166 Å². The summed E-state index contributed by atoms with van der Waals surface area (Å²) in [5.74, 6) is 0.397. The van der Waals surface area contributed by atoms with Gasteiger partial charge in [-0.05, 0) is 36.8 Å². The molecule has 0 amide bonds. The Kier molecular flexibility index (Phi) is 4.40. The van der Waals surface area contributed by atoms with Gasteiger partial charge in [0.1, 0.15) is 22.8 Å². The number of rotatable bonds is 3. The minimum absolute atomic E-state index is 0.163. The first kappa shape index (κ1) is 17.7. The number of morpholine rings is 1. The van der Waals surface area contributed by atoms with Gasteiger partial charge in [-0.2, -0.15) is 5.10 Å². The normalized spacial score (nSPS) is 17.0. The predicted molar refractivity (Wildman–Crippen MR) is 108 cm³/mol. The van der Waals surface area contributed by atoms with Crippen LogP contribution in [0.3, 0.4) is 0 Å². The number of fused-ring (bicyclic) bond motifs is 1. The van der Waals surface area contributed by atoms with Gasteiger partial charge in [-0.3, -0.25) is 15.1 Å². The third-order valence-electron chi connectivity index (χ3n) is 5.19. The van der Waals surface area contributed by atoms with Gasteiger partial charge in [0.05, 0.1) is 31.1 Å². The molecule has 4 aromatic rings. The van der Waals surface area contributed by atoms with Crippen LogP contribution in [0.1, 0.15) is 6.92 Å². The second kappa shape index (κ2) is 7.21. The lowest BCUT2D eigenvalue weighted by molar-refractivity contribution is 0.0986. The third kappa shape index (κ3) is 3.11. The summed E-state index contributed by atoms with van der Waals surface area (Å²) in [5.41, 5.74) is 3.37. The number of hydrogen-bond donors (Lipinski definition) is 1. The van der Waals surface area contributed by atoms with Gasteiger partial charge < -0.3 is 9.64 Å². The molecule has 0 radical (unpaired) electrons. The molecule has 0 saturated carbocycles. The standard InChI is InChI=1S/C21H19FN6O/c1-13-12-29-9-8-28(13)19-10-16(14-2-5-23-11-17(14)22)15-3-6-24-21(20(15)26-19)18-4-7-25-27-18/h2-7,10-11,13H,8-9,12H2,1H3,(H,25,27)/t13-/m1/s1. The average molecular weight is 390 g/mol. The van der Waals surface area contributed by atoms with Gasteiger partial charge >= 0.3 is 0 Å². The summed E-state index contributed by atoms with van der Waals surface area (Å²) in [6.45, 7) is 4.07. The summed E-state index contributed by atoms with van der Waals surface area (Å²) in [5, 5.41) is 7.81. The van der Waals surface area contributed by atoms with Crippen LogP contribution in [0.5, 0.6) is 0 Å². The van der Waals surface area contributed by atoms with Gasteiger partial charge in [-0.15, -0.1) is 0 Å². The van der Waals surface area contributed by atoms with E-state index in [2.05, 4.69) is 32.0 Å². The van der Waals surface area contributed by atoms with Crippen LogP contribution in [0.4, 0.5) is 10.2 Å². The van der Waals surface area contributed by atoms with Crippen molar-refractivity contribution in [2.24, 2.45) is 0 Å². The zero-order valence-corrected chi connectivity index (χ0v) is 15.8. The Morgan fingerprint density at radius 3 is 2.90 bits per heavy atom. The number of H-pyrrole nitrogens is 1. The molecule has 146 valence electrons. The van der Waals surface area contributed by atoms with Crippen molar-refractivity contribution in [1.82, 2.24) is 25.1 Å². The highest BCUT2D eigenvalue weighted by Crippen LogP contribution is 2.36. The molecule has 1 fully saturated rings. The molecule has 5 heterocycles. The number of hydrogen-bond acceptors (Lipinski definition) is 6. The summed E-state index contributed by atoms with van der Waals surface area (Å²) in [4.78, 5) is 15.6. The number of anilines is 1. The number of nitrogens with one attached hydrogen (secondary N) is 1. The largest absolute Gasteiger partial charge is 0.377 e. The van der Waals surface area contributed by atoms with Gasteiger partial charge in [0.15, 0.2) is 0 Å². The van der Waals surface area contributed by atoms with Crippen molar-refractivity contribution in [1.29, 1.82) is 0 Å². The fraction of sp³-hybridized carbons (Fsp3) is 0.238. The van der Waals surface area contributed by atoms with E-state index < -0.39 is 0 Å². The number of halogens is 1. The fourth-order valence-corrected chi connectivity index (χ4v) is 3.75. The van der Waals surface area contributed by atoms with Gasteiger partial charge in [0, 0.05) is 36.1 Å². The summed E-state index contributed by atoms with van der Waals surface area (Å²) in [7, 11) is 0. The van der Waals surface area contributed by atoms with E-state index in [0.717, 1.165) is 29.0 Å². The van der Waals surface area contributed by atoms with Crippen molar-refractivity contribution >= 4 is 16.7 Å². The maximum Gasteiger partial charge on any atom is 0.149 e. The van der Waals surface area contributed by atoms with Crippen molar-refractivity contribution in [3.05, 3.63) is 54.9 Å². The van der Waals surface area contributed by atoms with Crippen LogP contribution in [-0.2, 0) is 4.74 Å². The fourth-order valence-electron chi connectivity index (χ4n) is 3.75. The van der Waals surface area contributed by atoms with E-state index in [1.807, 2.05) is 18.2 Å². The Balaban J connectivity index is 1.80. The van der Waals surface area contributed by atoms with E-state index in [-0.39, 0.29) is 11.9 Å². The second-order valence-corrected chi connectivity index (χ2v) is 7.03. The van der Waals surface area contributed by atoms with Gasteiger partial charge in [-0.1, -0.05) is 0 Å². The van der Waals surface area contributed by atoms with E-state index in [1.54, 1.807) is 24.7 Å². The maximum absolute atomic E-state index is 14.7. The highest BCUT2D eigenvalue weighted by atomic mass is 19.1. The molecule has 7 nitrogen and oxygen atoms in total. The van der Waals surface area contributed by atoms with Gasteiger partial charge in [-0.25, -0.2) is 9.37 Å². The first-order valence-corrected chi connectivity index (χ1v) is 9.46. The molecule has 0 bridgehead atoms. The molecule has 1 aliphatic rings. The Hall–Kier alpha value is -3.39. The van der Waals surface area contributed by atoms with Crippen LogP contribution in [0.2, 0.25) is 0 Å². The lowest BCUT2D eigenvalue weighted by atomic mass is 10.0. The molecular weight excluding hydrogens is 371 g/mol. The van der Waals surface area contributed by atoms with Crippen molar-refractivity contribution in [3.63, 3.8) is 0 Å². The van der Waals surface area contributed by atoms with Crippen LogP contribution in [0.25, 0.3) is 33.4 Å². The number of ether oxygens (including phenoxy) is 1. The third-order valence-corrected chi connectivity index (χ3v) is 5.19. The zero-order chi connectivity index (χ0) is 19.8.